The molecule has 9 heteroatoms. The summed E-state index contributed by atoms with van der Waals surface area (Å²) in [5, 5.41) is 9.19. The van der Waals surface area contributed by atoms with Crippen LogP contribution in [0.1, 0.15) is 6.42 Å². The van der Waals surface area contributed by atoms with Gasteiger partial charge in [-0.3, -0.25) is 4.79 Å². The summed E-state index contributed by atoms with van der Waals surface area (Å²) in [5.74, 6) is -1.49. The highest BCUT2D eigenvalue weighted by Crippen LogP contribution is 2.15. The number of furan rings is 1. The Morgan fingerprint density at radius 2 is 2.00 bits per heavy atom. The summed E-state index contributed by atoms with van der Waals surface area (Å²) in [5.41, 5.74) is 0.399. The molecule has 3 aromatic rings. The Bertz CT molecular complexity index is 987. The maximum absolute atomic E-state index is 13.1. The SMILES string of the molecule is O=C(NCCCn1nc(-c2ccco2)ccc1=O)Nc1ccc(F)c(F)c1. The average molecular weight is 374 g/mol. The molecule has 0 spiro atoms. The van der Waals surface area contributed by atoms with Crippen molar-refractivity contribution in [3.05, 3.63) is 70.7 Å². The summed E-state index contributed by atoms with van der Waals surface area (Å²) < 4.78 is 32.5. The molecule has 0 bridgehead atoms. The predicted octanol–water partition coefficient (Wildman–Crippen LogP) is 2.99. The number of carbonyl (C=O) groups excluding carboxylic acids is 1. The van der Waals surface area contributed by atoms with Gasteiger partial charge in [0.05, 0.1) is 6.26 Å². The number of halogens is 2. The van der Waals surface area contributed by atoms with Gasteiger partial charge in [0.2, 0.25) is 0 Å². The highest BCUT2D eigenvalue weighted by Gasteiger charge is 2.07. The quantitative estimate of drug-likeness (QED) is 0.649. The molecule has 1 aromatic carbocycles. The Labute approximate surface area is 152 Å². The number of amides is 2. The zero-order chi connectivity index (χ0) is 19.2. The molecule has 0 aliphatic carbocycles. The first-order valence-electron chi connectivity index (χ1n) is 8.15. The number of nitrogens with one attached hydrogen (secondary N) is 2. The maximum atomic E-state index is 13.1. The third-order valence-electron chi connectivity index (χ3n) is 3.65. The van der Waals surface area contributed by atoms with Crippen LogP contribution in [-0.4, -0.2) is 22.4 Å². The molecule has 0 fully saturated rings. The van der Waals surface area contributed by atoms with Crippen LogP contribution in [0.2, 0.25) is 0 Å². The predicted molar refractivity (Wildman–Crippen MR) is 94.2 cm³/mol. The minimum atomic E-state index is -1.05. The molecule has 2 N–H and O–H groups in total. The number of hydrogen-bond acceptors (Lipinski definition) is 4. The second-order valence-electron chi connectivity index (χ2n) is 5.62. The molecule has 0 saturated heterocycles. The summed E-state index contributed by atoms with van der Waals surface area (Å²) in [7, 11) is 0. The molecule has 0 unspecified atom stereocenters. The molecule has 27 heavy (non-hydrogen) atoms. The van der Waals surface area contributed by atoms with E-state index in [9.17, 15) is 18.4 Å². The monoisotopic (exact) mass is 374 g/mol. The van der Waals surface area contributed by atoms with Gasteiger partial charge in [0.25, 0.3) is 5.56 Å². The number of carbonyl (C=O) groups is 1. The van der Waals surface area contributed by atoms with Crippen LogP contribution < -0.4 is 16.2 Å². The number of nitrogens with zero attached hydrogens (tertiary/aromatic N) is 2. The lowest BCUT2D eigenvalue weighted by Gasteiger charge is -2.09. The van der Waals surface area contributed by atoms with Gasteiger partial charge in [0, 0.05) is 30.9 Å². The Hall–Kier alpha value is -3.49. The van der Waals surface area contributed by atoms with E-state index in [1.165, 1.54) is 23.1 Å². The summed E-state index contributed by atoms with van der Waals surface area (Å²) in [6.07, 6.45) is 1.96. The second kappa shape index (κ2) is 8.26. The Balaban J connectivity index is 1.50. The molecule has 0 radical (unpaired) electrons. The third-order valence-corrected chi connectivity index (χ3v) is 3.65. The lowest BCUT2D eigenvalue weighted by molar-refractivity contribution is 0.251. The number of anilines is 1. The zero-order valence-corrected chi connectivity index (χ0v) is 14.1. The van der Waals surface area contributed by atoms with Gasteiger partial charge in [-0.15, -0.1) is 0 Å². The molecule has 0 saturated carbocycles. The number of hydrogen-bond donors (Lipinski definition) is 2. The average Bonchev–Trinajstić information content (AvgIpc) is 3.18. The van der Waals surface area contributed by atoms with Crippen molar-refractivity contribution in [2.45, 2.75) is 13.0 Å². The fourth-order valence-corrected chi connectivity index (χ4v) is 2.34. The first-order chi connectivity index (χ1) is 13.0. The van der Waals surface area contributed by atoms with E-state index in [4.69, 9.17) is 4.42 Å². The molecule has 2 amide bonds. The van der Waals surface area contributed by atoms with Gasteiger partial charge in [-0.2, -0.15) is 5.10 Å². The summed E-state index contributed by atoms with van der Waals surface area (Å²) in [6.45, 7) is 0.549. The van der Waals surface area contributed by atoms with Crippen molar-refractivity contribution >= 4 is 11.7 Å². The number of aromatic nitrogens is 2. The maximum Gasteiger partial charge on any atom is 0.319 e. The van der Waals surface area contributed by atoms with E-state index in [0.29, 0.717) is 24.4 Å². The van der Waals surface area contributed by atoms with Gasteiger partial charge < -0.3 is 15.1 Å². The van der Waals surface area contributed by atoms with Crippen molar-refractivity contribution in [1.82, 2.24) is 15.1 Å². The van der Waals surface area contributed by atoms with Crippen LogP contribution in [0.25, 0.3) is 11.5 Å². The van der Waals surface area contributed by atoms with Crippen LogP contribution in [0.4, 0.5) is 19.3 Å². The molecular formula is C18H16F2N4O3. The van der Waals surface area contributed by atoms with Crippen molar-refractivity contribution in [3.8, 4) is 11.5 Å². The van der Waals surface area contributed by atoms with Gasteiger partial charge >= 0.3 is 6.03 Å². The minimum absolute atomic E-state index is 0.135. The largest absolute Gasteiger partial charge is 0.463 e. The number of aryl methyl sites for hydroxylation is 1. The van der Waals surface area contributed by atoms with E-state index >= 15 is 0 Å². The van der Waals surface area contributed by atoms with Crippen LogP contribution in [0.5, 0.6) is 0 Å². The lowest BCUT2D eigenvalue weighted by Crippen LogP contribution is -2.31. The molecule has 2 heterocycles. The number of benzene rings is 1. The smallest absolute Gasteiger partial charge is 0.319 e. The first-order valence-corrected chi connectivity index (χ1v) is 8.15. The van der Waals surface area contributed by atoms with Crippen LogP contribution >= 0.6 is 0 Å². The Kier molecular flexibility index (Phi) is 5.60. The minimum Gasteiger partial charge on any atom is -0.463 e. The number of rotatable bonds is 6. The van der Waals surface area contributed by atoms with E-state index in [0.717, 1.165) is 12.1 Å². The van der Waals surface area contributed by atoms with E-state index in [1.54, 1.807) is 18.2 Å². The topological polar surface area (TPSA) is 89.2 Å². The molecule has 0 aliphatic heterocycles. The fourth-order valence-electron chi connectivity index (χ4n) is 2.34. The molecule has 0 aliphatic rings. The van der Waals surface area contributed by atoms with Gasteiger partial charge in [0.1, 0.15) is 5.69 Å². The highest BCUT2D eigenvalue weighted by atomic mass is 19.2. The van der Waals surface area contributed by atoms with E-state index < -0.39 is 17.7 Å². The normalized spacial score (nSPS) is 10.6. The molecule has 0 atom stereocenters. The van der Waals surface area contributed by atoms with Crippen molar-refractivity contribution in [2.75, 3.05) is 11.9 Å². The van der Waals surface area contributed by atoms with Crippen LogP contribution in [0.3, 0.4) is 0 Å². The first kappa shape index (κ1) is 18.3. The van der Waals surface area contributed by atoms with Crippen LogP contribution in [0.15, 0.2) is 57.9 Å². The molecule has 2 aromatic heterocycles. The third kappa shape index (κ3) is 4.78. The van der Waals surface area contributed by atoms with E-state index in [-0.39, 0.29) is 17.8 Å². The van der Waals surface area contributed by atoms with E-state index in [2.05, 4.69) is 15.7 Å². The van der Waals surface area contributed by atoms with Crippen molar-refractivity contribution in [2.24, 2.45) is 0 Å². The van der Waals surface area contributed by atoms with Gasteiger partial charge in [-0.25, -0.2) is 18.3 Å². The zero-order valence-electron chi connectivity index (χ0n) is 14.1. The molecule has 7 nitrogen and oxygen atoms in total. The molecular weight excluding hydrogens is 358 g/mol. The summed E-state index contributed by atoms with van der Waals surface area (Å²) >= 11 is 0. The Morgan fingerprint density at radius 1 is 1.15 bits per heavy atom. The van der Waals surface area contributed by atoms with Crippen LogP contribution in [0, 0.1) is 11.6 Å². The van der Waals surface area contributed by atoms with Crippen molar-refractivity contribution in [3.63, 3.8) is 0 Å². The molecule has 140 valence electrons. The summed E-state index contributed by atoms with van der Waals surface area (Å²) in [6, 6.07) is 8.93. The van der Waals surface area contributed by atoms with Crippen molar-refractivity contribution < 1.29 is 18.0 Å². The van der Waals surface area contributed by atoms with E-state index in [1.807, 2.05) is 0 Å². The number of urea groups is 1. The lowest BCUT2D eigenvalue weighted by atomic mass is 10.3. The van der Waals surface area contributed by atoms with Crippen molar-refractivity contribution in [1.29, 1.82) is 0 Å². The fraction of sp³-hybridized carbons (Fsp3) is 0.167. The summed E-state index contributed by atoms with van der Waals surface area (Å²) in [4.78, 5) is 23.6. The van der Waals surface area contributed by atoms with Gasteiger partial charge in [-0.1, -0.05) is 0 Å². The van der Waals surface area contributed by atoms with Crippen LogP contribution in [-0.2, 0) is 6.54 Å². The van der Waals surface area contributed by atoms with Gasteiger partial charge in [0.15, 0.2) is 17.4 Å². The van der Waals surface area contributed by atoms with Gasteiger partial charge in [-0.05, 0) is 36.8 Å². The molecule has 3 rings (SSSR count). The standard InChI is InChI=1S/C18H16F2N4O3/c19-13-5-4-12(11-14(13)20)22-18(26)21-8-2-9-24-17(25)7-6-15(23-24)16-3-1-10-27-16/h1,3-7,10-11H,2,8-9H2,(H2,21,22,26). The second-order valence-corrected chi connectivity index (χ2v) is 5.62. The highest BCUT2D eigenvalue weighted by molar-refractivity contribution is 5.89. The Morgan fingerprint density at radius 3 is 2.74 bits per heavy atom.